The Balaban J connectivity index is 1.78. The molecule has 0 aromatic carbocycles. The maximum Gasteiger partial charge on any atom is 0.0534 e. The number of aromatic nitrogens is 2. The molecule has 0 fully saturated rings. The summed E-state index contributed by atoms with van der Waals surface area (Å²) >= 11 is 5.25. The minimum absolute atomic E-state index is 0.392. The Bertz CT molecular complexity index is 478. The van der Waals surface area contributed by atoms with Gasteiger partial charge < -0.3 is 5.32 Å². The number of rotatable bonds is 5. The molecule has 0 aliphatic heterocycles. The molecule has 17 heavy (non-hydrogen) atoms. The van der Waals surface area contributed by atoms with Crippen LogP contribution in [0.3, 0.4) is 0 Å². The van der Waals surface area contributed by atoms with Crippen LogP contribution in [0.2, 0.25) is 0 Å². The number of aryl methyl sites for hydroxylation is 1. The zero-order chi connectivity index (χ0) is 12.3. The Labute approximate surface area is 114 Å². The first kappa shape index (κ1) is 12.8. The van der Waals surface area contributed by atoms with Crippen LogP contribution >= 0.6 is 27.3 Å². The summed E-state index contributed by atoms with van der Waals surface area (Å²) in [5, 5.41) is 9.88. The fourth-order valence-electron chi connectivity index (χ4n) is 1.64. The number of nitrogens with zero attached hydrogens (tertiary/aromatic N) is 2. The van der Waals surface area contributed by atoms with Crippen molar-refractivity contribution in [3.05, 3.63) is 38.8 Å². The summed E-state index contributed by atoms with van der Waals surface area (Å²) in [7, 11) is 0. The standard InChI is InChI=1S/C12H16BrN3S/c1-9-6-15-16(7-9)4-3-14-10(2)12-5-11(13)8-17-12/h5-8,10,14H,3-4H2,1-2H3. The summed E-state index contributed by atoms with van der Waals surface area (Å²) < 4.78 is 3.13. The summed E-state index contributed by atoms with van der Waals surface area (Å²) in [6, 6.07) is 2.56. The Morgan fingerprint density at radius 3 is 3.00 bits per heavy atom. The molecule has 1 atom stereocenters. The van der Waals surface area contributed by atoms with Gasteiger partial charge in [-0.25, -0.2) is 0 Å². The molecule has 5 heteroatoms. The first-order valence-corrected chi connectivity index (χ1v) is 7.29. The van der Waals surface area contributed by atoms with Gasteiger partial charge in [0.1, 0.15) is 0 Å². The van der Waals surface area contributed by atoms with Crippen LogP contribution in [0.1, 0.15) is 23.4 Å². The van der Waals surface area contributed by atoms with E-state index in [1.807, 2.05) is 10.9 Å². The van der Waals surface area contributed by atoms with Gasteiger partial charge in [-0.3, -0.25) is 4.68 Å². The van der Waals surface area contributed by atoms with Gasteiger partial charge in [0, 0.05) is 33.5 Å². The predicted octanol–water partition coefficient (Wildman–Crippen LogP) is 3.37. The first-order valence-electron chi connectivity index (χ1n) is 5.61. The number of hydrogen-bond donors (Lipinski definition) is 1. The number of halogens is 1. The van der Waals surface area contributed by atoms with Crippen LogP contribution in [0.4, 0.5) is 0 Å². The summed E-state index contributed by atoms with van der Waals surface area (Å²) in [4.78, 5) is 1.36. The van der Waals surface area contributed by atoms with Crippen LogP contribution < -0.4 is 5.32 Å². The summed E-state index contributed by atoms with van der Waals surface area (Å²) in [6.07, 6.45) is 3.95. The fraction of sp³-hybridized carbons (Fsp3) is 0.417. The van der Waals surface area contributed by atoms with Crippen molar-refractivity contribution in [1.29, 1.82) is 0 Å². The molecular weight excluding hydrogens is 298 g/mol. The molecule has 0 spiro atoms. The monoisotopic (exact) mass is 313 g/mol. The van der Waals surface area contributed by atoms with E-state index >= 15 is 0 Å². The van der Waals surface area contributed by atoms with Gasteiger partial charge in [0.2, 0.25) is 0 Å². The van der Waals surface area contributed by atoms with E-state index in [9.17, 15) is 0 Å². The van der Waals surface area contributed by atoms with E-state index in [1.165, 1.54) is 10.4 Å². The summed E-state index contributed by atoms with van der Waals surface area (Å²) in [5.41, 5.74) is 1.21. The second kappa shape index (κ2) is 5.80. The Kier molecular flexibility index (Phi) is 4.36. The Morgan fingerprint density at radius 1 is 1.59 bits per heavy atom. The average molecular weight is 314 g/mol. The Morgan fingerprint density at radius 2 is 2.41 bits per heavy atom. The molecule has 1 unspecified atom stereocenters. The number of hydrogen-bond acceptors (Lipinski definition) is 3. The molecule has 0 aliphatic rings. The highest BCUT2D eigenvalue weighted by Gasteiger charge is 2.06. The van der Waals surface area contributed by atoms with E-state index in [0.717, 1.165) is 17.6 Å². The van der Waals surface area contributed by atoms with Crippen LogP contribution in [-0.4, -0.2) is 16.3 Å². The van der Waals surface area contributed by atoms with Gasteiger partial charge in [0.25, 0.3) is 0 Å². The molecule has 2 aromatic rings. The third-order valence-electron chi connectivity index (χ3n) is 2.57. The molecule has 0 saturated carbocycles. The summed E-state index contributed by atoms with van der Waals surface area (Å²) in [6.45, 7) is 6.08. The number of thiophene rings is 1. The molecule has 0 radical (unpaired) electrons. The lowest BCUT2D eigenvalue weighted by molar-refractivity contribution is 0.511. The van der Waals surface area contributed by atoms with Crippen molar-refractivity contribution in [2.75, 3.05) is 6.54 Å². The van der Waals surface area contributed by atoms with Crippen molar-refractivity contribution in [3.63, 3.8) is 0 Å². The summed E-state index contributed by atoms with van der Waals surface area (Å²) in [5.74, 6) is 0. The molecule has 0 saturated heterocycles. The molecule has 0 amide bonds. The maximum atomic E-state index is 4.26. The molecule has 2 heterocycles. The molecule has 0 aliphatic carbocycles. The van der Waals surface area contributed by atoms with Gasteiger partial charge in [0.15, 0.2) is 0 Å². The van der Waals surface area contributed by atoms with Crippen LogP contribution in [0.5, 0.6) is 0 Å². The number of nitrogens with one attached hydrogen (secondary N) is 1. The quantitative estimate of drug-likeness (QED) is 0.917. The highest BCUT2D eigenvalue weighted by molar-refractivity contribution is 9.10. The van der Waals surface area contributed by atoms with Gasteiger partial charge in [-0.05, 0) is 41.4 Å². The smallest absolute Gasteiger partial charge is 0.0534 e. The van der Waals surface area contributed by atoms with E-state index in [4.69, 9.17) is 0 Å². The van der Waals surface area contributed by atoms with Crippen LogP contribution in [0, 0.1) is 6.92 Å². The minimum atomic E-state index is 0.392. The lowest BCUT2D eigenvalue weighted by atomic mass is 10.3. The zero-order valence-corrected chi connectivity index (χ0v) is 12.4. The van der Waals surface area contributed by atoms with Crippen LogP contribution in [0.25, 0.3) is 0 Å². The van der Waals surface area contributed by atoms with Gasteiger partial charge >= 0.3 is 0 Å². The van der Waals surface area contributed by atoms with E-state index in [-0.39, 0.29) is 0 Å². The van der Waals surface area contributed by atoms with E-state index in [2.05, 4.69) is 57.8 Å². The molecule has 2 rings (SSSR count). The molecule has 92 valence electrons. The third-order valence-corrected chi connectivity index (χ3v) is 4.44. The molecular formula is C12H16BrN3S. The molecule has 0 bridgehead atoms. The van der Waals surface area contributed by atoms with E-state index < -0.39 is 0 Å². The largest absolute Gasteiger partial charge is 0.308 e. The lowest BCUT2D eigenvalue weighted by Gasteiger charge is -2.11. The SMILES string of the molecule is Cc1cnn(CCNC(C)c2cc(Br)cs2)c1. The van der Waals surface area contributed by atoms with Gasteiger partial charge in [-0.2, -0.15) is 5.10 Å². The van der Waals surface area contributed by atoms with Crippen molar-refractivity contribution in [1.82, 2.24) is 15.1 Å². The third kappa shape index (κ3) is 3.66. The molecule has 1 N–H and O–H groups in total. The second-order valence-corrected chi connectivity index (χ2v) is 5.98. The molecule has 2 aromatic heterocycles. The average Bonchev–Trinajstić information content (AvgIpc) is 2.88. The highest BCUT2D eigenvalue weighted by atomic mass is 79.9. The lowest BCUT2D eigenvalue weighted by Crippen LogP contribution is -2.22. The van der Waals surface area contributed by atoms with Crippen molar-refractivity contribution in [2.45, 2.75) is 26.4 Å². The van der Waals surface area contributed by atoms with E-state index in [0.29, 0.717) is 6.04 Å². The predicted molar refractivity (Wildman–Crippen MR) is 75.4 cm³/mol. The fourth-order valence-corrected chi connectivity index (χ4v) is 3.12. The highest BCUT2D eigenvalue weighted by Crippen LogP contribution is 2.25. The van der Waals surface area contributed by atoms with Crippen molar-refractivity contribution in [3.8, 4) is 0 Å². The Hall–Kier alpha value is -0.650. The van der Waals surface area contributed by atoms with E-state index in [1.54, 1.807) is 11.3 Å². The van der Waals surface area contributed by atoms with Crippen LogP contribution in [-0.2, 0) is 6.54 Å². The van der Waals surface area contributed by atoms with Gasteiger partial charge in [-0.1, -0.05) is 0 Å². The van der Waals surface area contributed by atoms with Gasteiger partial charge in [-0.15, -0.1) is 11.3 Å². The zero-order valence-electron chi connectivity index (χ0n) is 9.98. The normalized spacial score (nSPS) is 12.9. The molecule has 3 nitrogen and oxygen atoms in total. The minimum Gasteiger partial charge on any atom is -0.308 e. The van der Waals surface area contributed by atoms with Crippen molar-refractivity contribution >= 4 is 27.3 Å². The first-order chi connectivity index (χ1) is 8.15. The van der Waals surface area contributed by atoms with Gasteiger partial charge in [0.05, 0.1) is 12.7 Å². The van der Waals surface area contributed by atoms with Crippen molar-refractivity contribution < 1.29 is 0 Å². The topological polar surface area (TPSA) is 29.9 Å². The van der Waals surface area contributed by atoms with Crippen LogP contribution in [0.15, 0.2) is 28.3 Å². The van der Waals surface area contributed by atoms with Crippen molar-refractivity contribution in [2.24, 2.45) is 0 Å². The maximum absolute atomic E-state index is 4.26. The second-order valence-electron chi connectivity index (χ2n) is 4.12.